The van der Waals surface area contributed by atoms with Crippen molar-refractivity contribution in [2.45, 2.75) is 25.8 Å². The molecule has 1 fully saturated rings. The van der Waals surface area contributed by atoms with Crippen LogP contribution in [0, 0.1) is 6.92 Å². The minimum atomic E-state index is 0.470. The van der Waals surface area contributed by atoms with Crippen LogP contribution in [0.3, 0.4) is 0 Å². The van der Waals surface area contributed by atoms with Gasteiger partial charge in [0.1, 0.15) is 11.6 Å². The van der Waals surface area contributed by atoms with Gasteiger partial charge in [0, 0.05) is 23.3 Å². The number of pyridine rings is 1. The fourth-order valence-electron chi connectivity index (χ4n) is 4.28. The molecule has 2 N–H and O–H groups in total. The van der Waals surface area contributed by atoms with Crippen molar-refractivity contribution in [1.29, 1.82) is 0 Å². The highest BCUT2D eigenvalue weighted by Gasteiger charge is 2.17. The van der Waals surface area contributed by atoms with Gasteiger partial charge in [-0.1, -0.05) is 24.3 Å². The molecule has 2 aromatic carbocycles. The summed E-state index contributed by atoms with van der Waals surface area (Å²) in [5.41, 5.74) is 4.35. The summed E-state index contributed by atoms with van der Waals surface area (Å²) in [5, 5.41) is 13.8. The van der Waals surface area contributed by atoms with Gasteiger partial charge in [0.05, 0.1) is 25.0 Å². The molecule has 6 heteroatoms. The first kappa shape index (κ1) is 19.6. The largest absolute Gasteiger partial charge is 0.495 e. The van der Waals surface area contributed by atoms with Crippen LogP contribution in [0.5, 0.6) is 5.75 Å². The third-order valence-corrected chi connectivity index (χ3v) is 5.98. The number of hydrogen-bond donors (Lipinski definition) is 2. The van der Waals surface area contributed by atoms with Crippen molar-refractivity contribution in [3.8, 4) is 16.9 Å². The van der Waals surface area contributed by atoms with Crippen molar-refractivity contribution in [3.63, 3.8) is 0 Å². The Labute approximate surface area is 182 Å². The summed E-state index contributed by atoms with van der Waals surface area (Å²) in [5.74, 6) is 1.59. The third kappa shape index (κ3) is 3.99. The minimum Gasteiger partial charge on any atom is -0.495 e. The number of nitrogens with one attached hydrogen (secondary N) is 2. The smallest absolute Gasteiger partial charge is 0.142 e. The Hall–Kier alpha value is -3.38. The molecule has 1 saturated heterocycles. The second-order valence-corrected chi connectivity index (χ2v) is 8.12. The summed E-state index contributed by atoms with van der Waals surface area (Å²) in [4.78, 5) is 4.62. The Morgan fingerprint density at radius 2 is 1.97 bits per heavy atom. The van der Waals surface area contributed by atoms with Crippen LogP contribution in [0.25, 0.3) is 21.9 Å². The quantitative estimate of drug-likeness (QED) is 0.477. The van der Waals surface area contributed by atoms with E-state index in [0.717, 1.165) is 65.1 Å². The van der Waals surface area contributed by atoms with E-state index in [4.69, 9.17) is 4.74 Å². The van der Waals surface area contributed by atoms with Crippen LogP contribution in [0.2, 0.25) is 0 Å². The monoisotopic (exact) mass is 413 g/mol. The van der Waals surface area contributed by atoms with Crippen LogP contribution >= 0.6 is 0 Å². The van der Waals surface area contributed by atoms with E-state index in [1.165, 1.54) is 5.56 Å². The molecule has 0 unspecified atom stereocenters. The summed E-state index contributed by atoms with van der Waals surface area (Å²) >= 11 is 0. The first-order valence-corrected chi connectivity index (χ1v) is 10.8. The zero-order chi connectivity index (χ0) is 21.2. The molecule has 0 saturated carbocycles. The number of ether oxygens (including phenoxy) is 1. The lowest BCUT2D eigenvalue weighted by molar-refractivity contribution is 0.343. The van der Waals surface area contributed by atoms with Gasteiger partial charge in [-0.3, -0.25) is 4.68 Å². The van der Waals surface area contributed by atoms with Crippen LogP contribution in [0.15, 0.2) is 61.1 Å². The molecule has 0 aliphatic carbocycles. The van der Waals surface area contributed by atoms with Gasteiger partial charge in [0.15, 0.2) is 0 Å². The molecule has 0 atom stereocenters. The van der Waals surface area contributed by atoms with Gasteiger partial charge in [-0.05, 0) is 67.6 Å². The molecule has 0 radical (unpaired) electrons. The van der Waals surface area contributed by atoms with E-state index in [1.807, 2.05) is 24.5 Å². The van der Waals surface area contributed by atoms with Crippen LogP contribution in [0.4, 0.5) is 11.5 Å². The van der Waals surface area contributed by atoms with Gasteiger partial charge in [-0.15, -0.1) is 0 Å². The van der Waals surface area contributed by atoms with E-state index in [1.54, 1.807) is 7.11 Å². The average molecular weight is 414 g/mol. The fourth-order valence-corrected chi connectivity index (χ4v) is 4.28. The molecule has 4 aromatic rings. The molecule has 5 rings (SSSR count). The fraction of sp³-hybridized carbons (Fsp3) is 0.280. The number of rotatable bonds is 5. The van der Waals surface area contributed by atoms with E-state index in [2.05, 4.69) is 68.9 Å². The van der Waals surface area contributed by atoms with E-state index < -0.39 is 0 Å². The maximum atomic E-state index is 5.53. The van der Waals surface area contributed by atoms with Crippen LogP contribution < -0.4 is 15.4 Å². The van der Waals surface area contributed by atoms with Crippen molar-refractivity contribution < 1.29 is 4.74 Å². The molecule has 31 heavy (non-hydrogen) atoms. The summed E-state index contributed by atoms with van der Waals surface area (Å²) in [6.07, 6.45) is 8.31. The van der Waals surface area contributed by atoms with E-state index in [9.17, 15) is 0 Å². The molecule has 0 amide bonds. The normalized spacial score (nSPS) is 14.6. The maximum Gasteiger partial charge on any atom is 0.142 e. The molecule has 3 heterocycles. The second-order valence-electron chi connectivity index (χ2n) is 8.12. The summed E-state index contributed by atoms with van der Waals surface area (Å²) in [6, 6.07) is 15.0. The number of hydrogen-bond acceptors (Lipinski definition) is 5. The van der Waals surface area contributed by atoms with Gasteiger partial charge >= 0.3 is 0 Å². The average Bonchev–Trinajstić information content (AvgIpc) is 3.30. The number of aromatic nitrogens is 3. The van der Waals surface area contributed by atoms with Crippen molar-refractivity contribution in [2.24, 2.45) is 0 Å². The predicted molar refractivity (Wildman–Crippen MR) is 125 cm³/mol. The van der Waals surface area contributed by atoms with Gasteiger partial charge < -0.3 is 15.4 Å². The molecule has 0 bridgehead atoms. The highest BCUT2D eigenvalue weighted by molar-refractivity contribution is 5.97. The number of anilines is 2. The number of aryl methyl sites for hydroxylation is 1. The molecule has 1 aliphatic heterocycles. The first-order valence-electron chi connectivity index (χ1n) is 10.8. The van der Waals surface area contributed by atoms with Gasteiger partial charge in [0.25, 0.3) is 0 Å². The standard InChI is InChI=1S/C25H27N5O/c1-17-6-7-23(24(12-17)31-2)29-25-13-22-18(14-27-25)4-3-5-21(22)19-15-28-30(16-19)20-8-10-26-11-9-20/h3-7,12-16,20,26H,8-11H2,1-2H3,(H,27,29). The molecule has 1 aliphatic rings. The van der Waals surface area contributed by atoms with E-state index in [-0.39, 0.29) is 0 Å². The number of benzene rings is 2. The Bertz CT molecular complexity index is 1210. The van der Waals surface area contributed by atoms with Gasteiger partial charge in [-0.25, -0.2) is 4.98 Å². The lowest BCUT2D eigenvalue weighted by Crippen LogP contribution is -2.29. The predicted octanol–water partition coefficient (Wildman–Crippen LogP) is 5.08. The summed E-state index contributed by atoms with van der Waals surface area (Å²) in [7, 11) is 1.69. The van der Waals surface area contributed by atoms with E-state index in [0.29, 0.717) is 6.04 Å². The number of nitrogens with zero attached hydrogens (tertiary/aromatic N) is 3. The highest BCUT2D eigenvalue weighted by atomic mass is 16.5. The minimum absolute atomic E-state index is 0.470. The zero-order valence-corrected chi connectivity index (χ0v) is 17.9. The highest BCUT2D eigenvalue weighted by Crippen LogP contribution is 2.33. The Balaban J connectivity index is 1.50. The number of methoxy groups -OCH3 is 1. The molecule has 0 spiro atoms. The van der Waals surface area contributed by atoms with Crippen molar-refractivity contribution >= 4 is 22.3 Å². The summed E-state index contributed by atoms with van der Waals surface area (Å²) < 4.78 is 7.66. The van der Waals surface area contributed by atoms with E-state index >= 15 is 0 Å². The molecule has 2 aromatic heterocycles. The van der Waals surface area contributed by atoms with Crippen LogP contribution in [-0.2, 0) is 0 Å². The Morgan fingerprint density at radius 1 is 1.10 bits per heavy atom. The molecule has 158 valence electrons. The van der Waals surface area contributed by atoms with Crippen molar-refractivity contribution in [3.05, 3.63) is 66.6 Å². The maximum absolute atomic E-state index is 5.53. The second kappa shape index (κ2) is 8.40. The topological polar surface area (TPSA) is 64.0 Å². The Morgan fingerprint density at radius 3 is 2.81 bits per heavy atom. The third-order valence-electron chi connectivity index (χ3n) is 5.98. The zero-order valence-electron chi connectivity index (χ0n) is 17.9. The van der Waals surface area contributed by atoms with Crippen LogP contribution in [-0.4, -0.2) is 35.0 Å². The number of piperidine rings is 1. The molecular weight excluding hydrogens is 386 g/mol. The lowest BCUT2D eigenvalue weighted by atomic mass is 10.0. The molecule has 6 nitrogen and oxygen atoms in total. The Kier molecular flexibility index (Phi) is 5.30. The van der Waals surface area contributed by atoms with Gasteiger partial charge in [0.2, 0.25) is 0 Å². The molecular formula is C25H27N5O. The van der Waals surface area contributed by atoms with Gasteiger partial charge in [-0.2, -0.15) is 5.10 Å². The first-order chi connectivity index (χ1) is 15.2. The SMILES string of the molecule is COc1cc(C)ccc1Nc1cc2c(-c3cnn(C4CCNCC4)c3)cccc2cn1. The number of fused-ring (bicyclic) bond motifs is 1. The lowest BCUT2D eigenvalue weighted by Gasteiger charge is -2.22. The summed E-state index contributed by atoms with van der Waals surface area (Å²) in [6.45, 7) is 4.16. The van der Waals surface area contributed by atoms with Crippen molar-refractivity contribution in [1.82, 2.24) is 20.1 Å². The van der Waals surface area contributed by atoms with Crippen molar-refractivity contribution in [2.75, 3.05) is 25.5 Å². The van der Waals surface area contributed by atoms with Crippen LogP contribution in [0.1, 0.15) is 24.4 Å².